The van der Waals surface area contributed by atoms with E-state index in [-0.39, 0.29) is 0 Å². The molecular weight excluding hydrogens is 288 g/mol. The first-order valence-electron chi connectivity index (χ1n) is 7.25. The summed E-state index contributed by atoms with van der Waals surface area (Å²) in [5.74, 6) is 0. The van der Waals surface area contributed by atoms with E-state index in [0.29, 0.717) is 0 Å². The first-order chi connectivity index (χ1) is 10.9. The van der Waals surface area contributed by atoms with Gasteiger partial charge < -0.3 is 4.98 Å². The Balaban J connectivity index is 1.97. The zero-order valence-electron chi connectivity index (χ0n) is 11.7. The average molecular weight is 300 g/mol. The summed E-state index contributed by atoms with van der Waals surface area (Å²) in [6.07, 6.45) is 1.90. The summed E-state index contributed by atoms with van der Waals surface area (Å²) in [5, 5.41) is 2.52. The van der Waals surface area contributed by atoms with Gasteiger partial charge in [-0.05, 0) is 12.1 Å². The molecule has 0 radical (unpaired) electrons. The van der Waals surface area contributed by atoms with Gasteiger partial charge in [-0.15, -0.1) is 11.3 Å². The molecule has 3 aromatic heterocycles. The van der Waals surface area contributed by atoms with E-state index in [1.54, 1.807) is 0 Å². The normalized spacial score (nSPS) is 11.6. The molecule has 5 rings (SSSR count). The van der Waals surface area contributed by atoms with Crippen molar-refractivity contribution in [3.8, 4) is 11.3 Å². The van der Waals surface area contributed by atoms with Crippen LogP contribution in [0.4, 0.5) is 0 Å². The number of hydrogen-bond donors (Lipinski definition) is 1. The van der Waals surface area contributed by atoms with E-state index >= 15 is 0 Å². The van der Waals surface area contributed by atoms with Gasteiger partial charge in [0.25, 0.3) is 0 Å². The maximum absolute atomic E-state index is 4.66. The third-order valence-corrected chi connectivity index (χ3v) is 5.27. The van der Waals surface area contributed by atoms with E-state index < -0.39 is 0 Å². The summed E-state index contributed by atoms with van der Waals surface area (Å²) in [6, 6.07) is 21.0. The summed E-state index contributed by atoms with van der Waals surface area (Å²) in [4.78, 5) is 8.24. The van der Waals surface area contributed by atoms with E-state index in [1.165, 1.54) is 31.2 Å². The SMILES string of the molecule is c1ccc(-c2nccc3sc4c5ccccc5[nH]c4c23)cc1. The van der Waals surface area contributed by atoms with Gasteiger partial charge in [-0.1, -0.05) is 48.5 Å². The fraction of sp³-hybridized carbons (Fsp3) is 0. The predicted molar refractivity (Wildman–Crippen MR) is 94.4 cm³/mol. The highest BCUT2D eigenvalue weighted by atomic mass is 32.1. The maximum atomic E-state index is 4.66. The third-order valence-electron chi connectivity index (χ3n) is 4.08. The second kappa shape index (κ2) is 4.42. The molecule has 2 aromatic carbocycles. The Morgan fingerprint density at radius 1 is 0.864 bits per heavy atom. The van der Waals surface area contributed by atoms with Crippen LogP contribution in [-0.2, 0) is 0 Å². The van der Waals surface area contributed by atoms with Crippen LogP contribution >= 0.6 is 11.3 Å². The number of aromatic amines is 1. The monoisotopic (exact) mass is 300 g/mol. The van der Waals surface area contributed by atoms with Gasteiger partial charge in [0.15, 0.2) is 0 Å². The maximum Gasteiger partial charge on any atom is 0.0809 e. The van der Waals surface area contributed by atoms with Gasteiger partial charge in [-0.2, -0.15) is 0 Å². The lowest BCUT2D eigenvalue weighted by Crippen LogP contribution is -1.83. The molecule has 3 heteroatoms. The van der Waals surface area contributed by atoms with Crippen molar-refractivity contribution in [1.82, 2.24) is 9.97 Å². The van der Waals surface area contributed by atoms with Crippen molar-refractivity contribution in [1.29, 1.82) is 0 Å². The zero-order chi connectivity index (χ0) is 14.5. The van der Waals surface area contributed by atoms with Crippen molar-refractivity contribution in [2.75, 3.05) is 0 Å². The fourth-order valence-electron chi connectivity index (χ4n) is 3.09. The summed E-state index contributed by atoms with van der Waals surface area (Å²) >= 11 is 1.84. The number of nitrogens with zero attached hydrogens (tertiary/aromatic N) is 1. The van der Waals surface area contributed by atoms with Crippen LogP contribution in [0.5, 0.6) is 0 Å². The minimum absolute atomic E-state index is 1.05. The van der Waals surface area contributed by atoms with Crippen molar-refractivity contribution in [2.24, 2.45) is 0 Å². The molecule has 3 heterocycles. The van der Waals surface area contributed by atoms with Crippen LogP contribution in [0, 0.1) is 0 Å². The number of para-hydroxylation sites is 1. The molecule has 0 unspecified atom stereocenters. The molecule has 1 N–H and O–H groups in total. The first kappa shape index (κ1) is 12.0. The van der Waals surface area contributed by atoms with Gasteiger partial charge in [-0.3, -0.25) is 4.98 Å². The molecule has 0 fully saturated rings. The van der Waals surface area contributed by atoms with Crippen LogP contribution in [0.15, 0.2) is 66.9 Å². The summed E-state index contributed by atoms with van der Waals surface area (Å²) < 4.78 is 2.59. The smallest absolute Gasteiger partial charge is 0.0809 e. The Hall–Kier alpha value is -2.65. The van der Waals surface area contributed by atoms with Crippen LogP contribution in [0.1, 0.15) is 0 Å². The van der Waals surface area contributed by atoms with Gasteiger partial charge in [0, 0.05) is 32.7 Å². The molecule has 5 aromatic rings. The van der Waals surface area contributed by atoms with Crippen LogP contribution in [0.2, 0.25) is 0 Å². The third kappa shape index (κ3) is 1.57. The standard InChI is InChI=1S/C19H12N2S/c1-2-6-12(7-3-1)17-16-15(10-11-20-17)22-19-13-8-4-5-9-14(13)21-18(16)19/h1-11,21H. The van der Waals surface area contributed by atoms with Gasteiger partial charge in [0.1, 0.15) is 0 Å². The zero-order valence-corrected chi connectivity index (χ0v) is 12.5. The van der Waals surface area contributed by atoms with E-state index in [0.717, 1.165) is 11.3 Å². The molecule has 0 spiro atoms. The molecule has 2 nitrogen and oxygen atoms in total. The lowest BCUT2D eigenvalue weighted by molar-refractivity contribution is 1.36. The van der Waals surface area contributed by atoms with E-state index in [9.17, 15) is 0 Å². The van der Waals surface area contributed by atoms with Gasteiger partial charge in [0.2, 0.25) is 0 Å². The molecule has 0 aliphatic heterocycles. The van der Waals surface area contributed by atoms with Crippen LogP contribution in [0.25, 0.3) is 42.5 Å². The van der Waals surface area contributed by atoms with E-state index in [4.69, 9.17) is 0 Å². The van der Waals surface area contributed by atoms with Crippen molar-refractivity contribution in [3.63, 3.8) is 0 Å². The number of pyridine rings is 1. The quantitative estimate of drug-likeness (QED) is 0.429. The Morgan fingerprint density at radius 3 is 2.59 bits per heavy atom. The summed E-state index contributed by atoms with van der Waals surface area (Å²) in [5.41, 5.74) is 4.60. The number of nitrogens with one attached hydrogen (secondary N) is 1. The molecule has 0 bridgehead atoms. The molecule has 104 valence electrons. The minimum atomic E-state index is 1.05. The Bertz CT molecular complexity index is 1120. The molecule has 0 aliphatic rings. The highest BCUT2D eigenvalue weighted by Crippen LogP contribution is 2.41. The summed E-state index contributed by atoms with van der Waals surface area (Å²) in [7, 11) is 0. The van der Waals surface area contributed by atoms with Gasteiger partial charge >= 0.3 is 0 Å². The van der Waals surface area contributed by atoms with Crippen LogP contribution in [0.3, 0.4) is 0 Å². The lowest BCUT2D eigenvalue weighted by Gasteiger charge is -2.02. The van der Waals surface area contributed by atoms with Crippen molar-refractivity contribution in [3.05, 3.63) is 66.9 Å². The Morgan fingerprint density at radius 2 is 1.68 bits per heavy atom. The fourth-order valence-corrected chi connectivity index (χ4v) is 4.29. The Labute approximate surface area is 131 Å². The second-order valence-corrected chi connectivity index (χ2v) is 6.43. The number of hydrogen-bond acceptors (Lipinski definition) is 2. The molecule has 0 saturated carbocycles. The molecule has 22 heavy (non-hydrogen) atoms. The van der Waals surface area contributed by atoms with Crippen molar-refractivity contribution >= 4 is 42.5 Å². The number of aromatic nitrogens is 2. The molecular formula is C19H12N2S. The summed E-state index contributed by atoms with van der Waals surface area (Å²) in [6.45, 7) is 0. The largest absolute Gasteiger partial charge is 0.353 e. The number of H-pyrrole nitrogens is 1. The van der Waals surface area contributed by atoms with E-state index in [2.05, 4.69) is 64.6 Å². The Kier molecular flexibility index (Phi) is 2.40. The lowest BCUT2D eigenvalue weighted by atomic mass is 10.1. The minimum Gasteiger partial charge on any atom is -0.353 e. The first-order valence-corrected chi connectivity index (χ1v) is 8.07. The van der Waals surface area contributed by atoms with Crippen molar-refractivity contribution < 1.29 is 0 Å². The van der Waals surface area contributed by atoms with E-state index in [1.807, 2.05) is 23.6 Å². The molecule has 0 saturated heterocycles. The highest BCUT2D eigenvalue weighted by Gasteiger charge is 2.15. The van der Waals surface area contributed by atoms with Gasteiger partial charge in [-0.25, -0.2) is 0 Å². The highest BCUT2D eigenvalue weighted by molar-refractivity contribution is 7.26. The van der Waals surface area contributed by atoms with Crippen molar-refractivity contribution in [2.45, 2.75) is 0 Å². The molecule has 0 atom stereocenters. The number of fused-ring (bicyclic) bond motifs is 5. The molecule has 0 aliphatic carbocycles. The predicted octanol–water partition coefficient (Wildman–Crippen LogP) is 5.60. The number of thiophene rings is 1. The van der Waals surface area contributed by atoms with Gasteiger partial charge in [0.05, 0.1) is 15.9 Å². The average Bonchev–Trinajstić information content (AvgIpc) is 3.11. The number of rotatable bonds is 1. The second-order valence-electron chi connectivity index (χ2n) is 5.38. The topological polar surface area (TPSA) is 28.7 Å². The van der Waals surface area contributed by atoms with Crippen LogP contribution in [-0.4, -0.2) is 9.97 Å². The molecule has 0 amide bonds. The van der Waals surface area contributed by atoms with Crippen LogP contribution < -0.4 is 0 Å². The number of benzene rings is 2.